The summed E-state index contributed by atoms with van der Waals surface area (Å²) in [7, 11) is 0. The Balaban J connectivity index is 2.37. The van der Waals surface area contributed by atoms with Crippen molar-refractivity contribution in [3.8, 4) is 0 Å². The topological polar surface area (TPSA) is 83.6 Å². The van der Waals surface area contributed by atoms with E-state index in [1.54, 1.807) is 24.3 Å². The molecule has 2 atom stereocenters. The summed E-state index contributed by atoms with van der Waals surface area (Å²) in [6.07, 6.45) is 0.537. The standard InChI is InChI=1S/C13H16N2O3/c1-2-10(14)12(16)15-7-9(13(17)18)8-5-3-4-6-11(8)15/h3-6,9-10H,2,7,14H2,1H3,(H,17,18)/t9?,10-/m1/s1. The number of carbonyl (C=O) groups is 2. The number of carboxylic acid groups (broad SMARTS) is 1. The molecule has 1 aromatic carbocycles. The number of aliphatic carboxylic acids is 1. The monoisotopic (exact) mass is 248 g/mol. The summed E-state index contributed by atoms with van der Waals surface area (Å²) in [5, 5.41) is 9.19. The highest BCUT2D eigenvalue weighted by Gasteiger charge is 2.37. The number of nitrogens with zero attached hydrogens (tertiary/aromatic N) is 1. The van der Waals surface area contributed by atoms with Crippen LogP contribution in [0.3, 0.4) is 0 Å². The predicted octanol–water partition coefficient (Wildman–Crippen LogP) is 0.939. The zero-order valence-electron chi connectivity index (χ0n) is 10.2. The van der Waals surface area contributed by atoms with Crippen molar-refractivity contribution in [3.63, 3.8) is 0 Å². The van der Waals surface area contributed by atoms with Crippen molar-refractivity contribution in [2.24, 2.45) is 5.73 Å². The minimum absolute atomic E-state index is 0.168. The van der Waals surface area contributed by atoms with E-state index in [0.29, 0.717) is 17.7 Å². The van der Waals surface area contributed by atoms with Crippen LogP contribution in [0.1, 0.15) is 24.8 Å². The highest BCUT2D eigenvalue weighted by Crippen LogP contribution is 2.36. The lowest BCUT2D eigenvalue weighted by Gasteiger charge is -2.20. The third-order valence-corrected chi connectivity index (χ3v) is 3.29. The minimum atomic E-state index is -0.914. The Labute approximate surface area is 105 Å². The quantitative estimate of drug-likeness (QED) is 0.833. The zero-order chi connectivity index (χ0) is 13.3. The molecule has 0 radical (unpaired) electrons. The van der Waals surface area contributed by atoms with E-state index in [0.717, 1.165) is 0 Å². The molecule has 1 aromatic rings. The van der Waals surface area contributed by atoms with Gasteiger partial charge in [0, 0.05) is 12.2 Å². The van der Waals surface area contributed by atoms with Crippen LogP contribution in [0.4, 0.5) is 5.69 Å². The van der Waals surface area contributed by atoms with E-state index in [4.69, 9.17) is 5.73 Å². The number of rotatable bonds is 3. The number of para-hydroxylation sites is 1. The SMILES string of the molecule is CC[C@@H](N)C(=O)N1CC(C(=O)O)c2ccccc21. The van der Waals surface area contributed by atoms with Crippen molar-refractivity contribution in [2.75, 3.05) is 11.4 Å². The fourth-order valence-electron chi connectivity index (χ4n) is 2.20. The molecule has 1 heterocycles. The number of amides is 1. The molecule has 2 rings (SSSR count). The average molecular weight is 248 g/mol. The Hall–Kier alpha value is -1.88. The van der Waals surface area contributed by atoms with E-state index in [2.05, 4.69) is 0 Å². The number of hydrogen-bond donors (Lipinski definition) is 2. The maximum absolute atomic E-state index is 12.1. The van der Waals surface area contributed by atoms with Gasteiger partial charge in [-0.15, -0.1) is 0 Å². The molecule has 1 unspecified atom stereocenters. The van der Waals surface area contributed by atoms with Crippen molar-refractivity contribution in [1.29, 1.82) is 0 Å². The third-order valence-electron chi connectivity index (χ3n) is 3.29. The van der Waals surface area contributed by atoms with Crippen molar-refractivity contribution in [2.45, 2.75) is 25.3 Å². The number of carboxylic acids is 1. The summed E-state index contributed by atoms with van der Waals surface area (Å²) >= 11 is 0. The first-order valence-electron chi connectivity index (χ1n) is 5.95. The normalized spacial score (nSPS) is 19.4. The lowest BCUT2D eigenvalue weighted by molar-refractivity contribution is -0.138. The van der Waals surface area contributed by atoms with E-state index in [1.807, 2.05) is 6.92 Å². The van der Waals surface area contributed by atoms with Crippen LogP contribution in [-0.4, -0.2) is 29.6 Å². The molecule has 5 heteroatoms. The Morgan fingerprint density at radius 3 is 2.78 bits per heavy atom. The maximum Gasteiger partial charge on any atom is 0.312 e. The molecule has 0 saturated carbocycles. The van der Waals surface area contributed by atoms with Gasteiger partial charge in [-0.05, 0) is 18.1 Å². The average Bonchev–Trinajstić information content (AvgIpc) is 2.76. The van der Waals surface area contributed by atoms with Crippen LogP contribution in [0.15, 0.2) is 24.3 Å². The van der Waals surface area contributed by atoms with Crippen LogP contribution in [0.2, 0.25) is 0 Å². The van der Waals surface area contributed by atoms with Crippen molar-refractivity contribution < 1.29 is 14.7 Å². The van der Waals surface area contributed by atoms with Gasteiger partial charge in [0.05, 0.1) is 6.04 Å². The van der Waals surface area contributed by atoms with E-state index in [-0.39, 0.29) is 12.5 Å². The van der Waals surface area contributed by atoms with Crippen LogP contribution in [0.5, 0.6) is 0 Å². The molecular formula is C13H16N2O3. The van der Waals surface area contributed by atoms with E-state index in [9.17, 15) is 14.7 Å². The van der Waals surface area contributed by atoms with Gasteiger partial charge in [-0.25, -0.2) is 0 Å². The largest absolute Gasteiger partial charge is 0.481 e. The van der Waals surface area contributed by atoms with Gasteiger partial charge in [-0.3, -0.25) is 9.59 Å². The maximum atomic E-state index is 12.1. The molecule has 1 aliphatic heterocycles. The van der Waals surface area contributed by atoms with E-state index in [1.165, 1.54) is 4.90 Å². The molecule has 96 valence electrons. The molecule has 0 saturated heterocycles. The van der Waals surface area contributed by atoms with Gasteiger partial charge < -0.3 is 15.7 Å². The first-order valence-corrected chi connectivity index (χ1v) is 5.95. The summed E-state index contributed by atoms with van der Waals surface area (Å²) in [6, 6.07) is 6.51. The molecule has 18 heavy (non-hydrogen) atoms. The highest BCUT2D eigenvalue weighted by atomic mass is 16.4. The first-order chi connectivity index (χ1) is 8.56. The van der Waals surface area contributed by atoms with Gasteiger partial charge in [0.1, 0.15) is 5.92 Å². The molecule has 0 bridgehead atoms. The number of anilines is 1. The van der Waals surface area contributed by atoms with Crippen LogP contribution in [0, 0.1) is 0 Å². The number of benzene rings is 1. The van der Waals surface area contributed by atoms with Gasteiger partial charge in [-0.2, -0.15) is 0 Å². The highest BCUT2D eigenvalue weighted by molar-refractivity contribution is 6.01. The molecule has 5 nitrogen and oxygen atoms in total. The molecule has 0 aliphatic carbocycles. The van der Waals surface area contributed by atoms with Crippen LogP contribution in [-0.2, 0) is 9.59 Å². The predicted molar refractivity (Wildman–Crippen MR) is 67.4 cm³/mol. The Bertz CT molecular complexity index is 487. The summed E-state index contributed by atoms with van der Waals surface area (Å²) in [4.78, 5) is 24.8. The minimum Gasteiger partial charge on any atom is -0.481 e. The summed E-state index contributed by atoms with van der Waals surface area (Å²) in [5.74, 6) is -1.79. The van der Waals surface area contributed by atoms with Crippen molar-refractivity contribution in [3.05, 3.63) is 29.8 Å². The molecular weight excluding hydrogens is 232 g/mol. The summed E-state index contributed by atoms with van der Waals surface area (Å²) in [5.41, 5.74) is 7.08. The second-order valence-electron chi connectivity index (χ2n) is 4.41. The number of hydrogen-bond acceptors (Lipinski definition) is 3. The van der Waals surface area contributed by atoms with Gasteiger partial charge >= 0.3 is 5.97 Å². The Morgan fingerprint density at radius 2 is 2.17 bits per heavy atom. The Morgan fingerprint density at radius 1 is 1.50 bits per heavy atom. The smallest absolute Gasteiger partial charge is 0.312 e. The van der Waals surface area contributed by atoms with E-state index < -0.39 is 17.9 Å². The lowest BCUT2D eigenvalue weighted by atomic mass is 10.0. The second-order valence-corrected chi connectivity index (χ2v) is 4.41. The lowest BCUT2D eigenvalue weighted by Crippen LogP contribution is -2.43. The number of nitrogens with two attached hydrogens (primary N) is 1. The van der Waals surface area contributed by atoms with Gasteiger partial charge in [-0.1, -0.05) is 25.1 Å². The zero-order valence-corrected chi connectivity index (χ0v) is 10.2. The molecule has 1 amide bonds. The molecule has 0 spiro atoms. The number of fused-ring (bicyclic) bond motifs is 1. The van der Waals surface area contributed by atoms with Gasteiger partial charge in [0.2, 0.25) is 5.91 Å². The fraction of sp³-hybridized carbons (Fsp3) is 0.385. The van der Waals surface area contributed by atoms with Crippen LogP contribution >= 0.6 is 0 Å². The first kappa shape index (κ1) is 12.6. The van der Waals surface area contributed by atoms with Crippen LogP contribution < -0.4 is 10.6 Å². The second kappa shape index (κ2) is 4.78. The molecule has 0 fully saturated rings. The number of carbonyl (C=O) groups excluding carboxylic acids is 1. The van der Waals surface area contributed by atoms with E-state index >= 15 is 0 Å². The van der Waals surface area contributed by atoms with Gasteiger partial charge in [0.25, 0.3) is 0 Å². The molecule has 0 aromatic heterocycles. The Kier molecular flexibility index (Phi) is 3.34. The van der Waals surface area contributed by atoms with Gasteiger partial charge in [0.15, 0.2) is 0 Å². The summed E-state index contributed by atoms with van der Waals surface area (Å²) in [6.45, 7) is 2.00. The third kappa shape index (κ3) is 1.97. The summed E-state index contributed by atoms with van der Waals surface area (Å²) < 4.78 is 0. The molecule has 3 N–H and O–H groups in total. The van der Waals surface area contributed by atoms with Crippen LogP contribution in [0.25, 0.3) is 0 Å². The van der Waals surface area contributed by atoms with Crippen molar-refractivity contribution in [1.82, 2.24) is 0 Å². The molecule has 1 aliphatic rings. The fourth-order valence-corrected chi connectivity index (χ4v) is 2.20. The van der Waals surface area contributed by atoms with Crippen molar-refractivity contribution >= 4 is 17.6 Å².